The number of benzene rings is 2. The van der Waals surface area contributed by atoms with Crippen molar-refractivity contribution in [3.63, 3.8) is 0 Å². The summed E-state index contributed by atoms with van der Waals surface area (Å²) in [4.78, 5) is 6.57. The van der Waals surface area contributed by atoms with Crippen molar-refractivity contribution in [2.24, 2.45) is 7.05 Å². The van der Waals surface area contributed by atoms with E-state index in [1.807, 2.05) is 67.1 Å². The highest BCUT2D eigenvalue weighted by molar-refractivity contribution is 7.99. The van der Waals surface area contributed by atoms with Gasteiger partial charge in [0.05, 0.1) is 18.1 Å². The van der Waals surface area contributed by atoms with Gasteiger partial charge in [-0.3, -0.25) is 0 Å². The highest BCUT2D eigenvalue weighted by atomic mass is 32.2. The van der Waals surface area contributed by atoms with Gasteiger partial charge in [0, 0.05) is 48.9 Å². The van der Waals surface area contributed by atoms with Gasteiger partial charge < -0.3 is 4.90 Å². The van der Waals surface area contributed by atoms with E-state index in [9.17, 15) is 8.42 Å². The van der Waals surface area contributed by atoms with Crippen LogP contribution in [0.4, 0.5) is 5.69 Å². The molecule has 27 heavy (non-hydrogen) atoms. The smallest absolute Gasteiger partial charge is 0.358 e. The van der Waals surface area contributed by atoms with Crippen molar-refractivity contribution in [3.05, 3.63) is 54.9 Å². The third kappa shape index (κ3) is 4.40. The lowest BCUT2D eigenvalue weighted by molar-refractivity contribution is -0.713. The van der Waals surface area contributed by atoms with E-state index in [0.29, 0.717) is 17.2 Å². The molecule has 0 aliphatic carbocycles. The average Bonchev–Trinajstić information content (AvgIpc) is 2.65. The molecule has 0 spiro atoms. The monoisotopic (exact) mass is 403 g/mol. The van der Waals surface area contributed by atoms with Crippen LogP contribution in [0.25, 0.3) is 10.8 Å². The van der Waals surface area contributed by atoms with E-state index >= 15 is 0 Å². The third-order valence-electron chi connectivity index (χ3n) is 4.14. The molecule has 8 heteroatoms. The predicted octanol–water partition coefficient (Wildman–Crippen LogP) is 2.20. The number of fused-ring (bicyclic) bond motifs is 1. The number of aromatic nitrogens is 2. The minimum atomic E-state index is -3.60. The SMILES string of the molecule is CN(C)c1cccc2c(S(=O)(=O)NCCSc3nccc[n+]3C)cccc12. The molecule has 0 saturated heterocycles. The van der Waals surface area contributed by atoms with E-state index in [0.717, 1.165) is 21.6 Å². The molecule has 0 fully saturated rings. The van der Waals surface area contributed by atoms with E-state index in [1.54, 1.807) is 18.3 Å². The van der Waals surface area contributed by atoms with E-state index < -0.39 is 10.0 Å². The highest BCUT2D eigenvalue weighted by Crippen LogP contribution is 2.30. The Morgan fingerprint density at radius 2 is 1.85 bits per heavy atom. The Balaban J connectivity index is 1.77. The molecule has 3 rings (SSSR count). The lowest BCUT2D eigenvalue weighted by atomic mass is 10.1. The van der Waals surface area contributed by atoms with Gasteiger partial charge >= 0.3 is 5.16 Å². The standard InChI is InChI=1S/C19H23N4O2S2/c1-22(2)17-9-4-8-16-15(17)7-5-10-18(16)27(24,25)21-12-14-26-19-20-11-6-13-23(19)3/h4-11,13,21H,12,14H2,1-3H3/q+1. The van der Waals surface area contributed by atoms with Gasteiger partial charge in [-0.05, 0) is 28.9 Å². The van der Waals surface area contributed by atoms with Crippen LogP contribution in [-0.4, -0.2) is 39.8 Å². The molecule has 0 aliphatic heterocycles. The molecule has 0 bridgehead atoms. The van der Waals surface area contributed by atoms with Gasteiger partial charge in [0.1, 0.15) is 6.20 Å². The highest BCUT2D eigenvalue weighted by Gasteiger charge is 2.18. The number of hydrogen-bond donors (Lipinski definition) is 1. The van der Waals surface area contributed by atoms with Crippen LogP contribution in [0.15, 0.2) is 64.9 Å². The topological polar surface area (TPSA) is 66.2 Å². The summed E-state index contributed by atoms with van der Waals surface area (Å²) in [6, 6.07) is 12.9. The molecule has 0 unspecified atom stereocenters. The maximum atomic E-state index is 12.9. The second kappa shape index (κ2) is 8.24. The zero-order valence-corrected chi connectivity index (χ0v) is 17.2. The van der Waals surface area contributed by atoms with Crippen LogP contribution < -0.4 is 14.2 Å². The average molecular weight is 404 g/mol. The molecule has 6 nitrogen and oxygen atoms in total. The Morgan fingerprint density at radius 1 is 1.11 bits per heavy atom. The molecule has 0 amide bonds. The van der Waals surface area contributed by atoms with Crippen LogP contribution in [0.1, 0.15) is 0 Å². The first-order valence-electron chi connectivity index (χ1n) is 8.52. The first kappa shape index (κ1) is 19.6. The maximum Gasteiger partial charge on any atom is 0.358 e. The summed E-state index contributed by atoms with van der Waals surface area (Å²) < 4.78 is 30.3. The van der Waals surface area contributed by atoms with Gasteiger partial charge in [-0.2, -0.15) is 0 Å². The Kier molecular flexibility index (Phi) is 5.98. The van der Waals surface area contributed by atoms with Crippen LogP contribution >= 0.6 is 11.8 Å². The number of nitrogens with one attached hydrogen (secondary N) is 1. The van der Waals surface area contributed by atoms with Gasteiger partial charge in [-0.15, -0.1) is 0 Å². The lowest BCUT2D eigenvalue weighted by Crippen LogP contribution is -2.32. The fourth-order valence-electron chi connectivity index (χ4n) is 2.85. The van der Waals surface area contributed by atoms with E-state index in [4.69, 9.17) is 0 Å². The number of nitrogens with zero attached hydrogens (tertiary/aromatic N) is 3. The van der Waals surface area contributed by atoms with Gasteiger partial charge in [-0.1, -0.05) is 24.3 Å². The predicted molar refractivity (Wildman–Crippen MR) is 110 cm³/mol. The summed E-state index contributed by atoms with van der Waals surface area (Å²) in [5.41, 5.74) is 0.989. The van der Waals surface area contributed by atoms with Crippen LogP contribution in [0.5, 0.6) is 0 Å². The molecule has 0 aliphatic rings. The minimum Gasteiger partial charge on any atom is -0.377 e. The third-order valence-corrected chi connectivity index (χ3v) is 6.72. The number of hydrogen-bond acceptors (Lipinski definition) is 5. The fourth-order valence-corrected chi connectivity index (χ4v) is 5.02. The normalized spacial score (nSPS) is 11.7. The van der Waals surface area contributed by atoms with Crippen LogP contribution in [0.3, 0.4) is 0 Å². The summed E-state index contributed by atoms with van der Waals surface area (Å²) in [6.45, 7) is 0.327. The maximum absolute atomic E-state index is 12.9. The molecule has 142 valence electrons. The van der Waals surface area contributed by atoms with Crippen molar-refractivity contribution in [2.45, 2.75) is 10.1 Å². The molecule has 0 radical (unpaired) electrons. The molecule has 0 atom stereocenters. The second-order valence-corrected chi connectivity index (χ2v) is 9.08. The largest absolute Gasteiger partial charge is 0.377 e. The molecule has 1 aromatic heterocycles. The fraction of sp³-hybridized carbons (Fsp3) is 0.263. The zero-order valence-electron chi connectivity index (χ0n) is 15.6. The Bertz CT molecular complexity index is 1050. The van der Waals surface area contributed by atoms with Gasteiger partial charge in [0.25, 0.3) is 0 Å². The van der Waals surface area contributed by atoms with Crippen LogP contribution in [0.2, 0.25) is 0 Å². The van der Waals surface area contributed by atoms with Gasteiger partial charge in [0.2, 0.25) is 10.0 Å². The molecular weight excluding hydrogens is 380 g/mol. The molecular formula is C19H23N4O2S2+. The number of anilines is 1. The second-order valence-electron chi connectivity index (χ2n) is 6.28. The molecule has 0 saturated carbocycles. The van der Waals surface area contributed by atoms with Crippen molar-refractivity contribution in [1.29, 1.82) is 0 Å². The van der Waals surface area contributed by atoms with Gasteiger partial charge in [-0.25, -0.2) is 17.7 Å². The van der Waals surface area contributed by atoms with E-state index in [-0.39, 0.29) is 0 Å². The minimum absolute atomic E-state index is 0.303. The summed E-state index contributed by atoms with van der Waals surface area (Å²) in [6.07, 6.45) is 3.64. The molecule has 1 heterocycles. The van der Waals surface area contributed by atoms with Gasteiger partial charge in [0.15, 0.2) is 0 Å². The number of rotatable bonds is 7. The summed E-state index contributed by atoms with van der Waals surface area (Å²) in [5, 5.41) is 2.48. The van der Waals surface area contributed by atoms with E-state index in [1.165, 1.54) is 11.8 Å². The first-order valence-corrected chi connectivity index (χ1v) is 11.0. The first-order chi connectivity index (χ1) is 12.9. The van der Waals surface area contributed by atoms with Crippen LogP contribution in [-0.2, 0) is 17.1 Å². The number of sulfonamides is 1. The zero-order chi connectivity index (χ0) is 19.4. The van der Waals surface area contributed by atoms with Crippen molar-refractivity contribution in [1.82, 2.24) is 9.71 Å². The van der Waals surface area contributed by atoms with Crippen molar-refractivity contribution in [2.75, 3.05) is 31.3 Å². The lowest BCUT2D eigenvalue weighted by Gasteiger charge is -2.17. The Labute approximate surface area is 164 Å². The molecule has 3 aromatic rings. The Hall–Kier alpha value is -2.16. The molecule has 1 N–H and O–H groups in total. The van der Waals surface area contributed by atoms with Crippen molar-refractivity contribution in [3.8, 4) is 0 Å². The number of thioether (sulfide) groups is 1. The summed E-state index contributed by atoms with van der Waals surface area (Å²) in [5.74, 6) is 0.595. The Morgan fingerprint density at radius 3 is 2.59 bits per heavy atom. The van der Waals surface area contributed by atoms with Crippen molar-refractivity contribution >= 4 is 38.2 Å². The molecule has 2 aromatic carbocycles. The number of aryl methyl sites for hydroxylation is 1. The summed E-state index contributed by atoms with van der Waals surface area (Å²) in [7, 11) is 2.21. The quantitative estimate of drug-likeness (QED) is 0.284. The van der Waals surface area contributed by atoms with Crippen LogP contribution in [0, 0.1) is 0 Å². The summed E-state index contributed by atoms with van der Waals surface area (Å²) >= 11 is 1.51. The van der Waals surface area contributed by atoms with E-state index in [2.05, 4.69) is 9.71 Å². The van der Waals surface area contributed by atoms with Crippen molar-refractivity contribution < 1.29 is 13.0 Å².